The zero-order valence-corrected chi connectivity index (χ0v) is 25.5. The minimum atomic E-state index is 0.0245. The summed E-state index contributed by atoms with van der Waals surface area (Å²) in [5.41, 5.74) is 0. The van der Waals surface area contributed by atoms with Crippen LogP contribution in [0.2, 0.25) is 0 Å². The van der Waals surface area contributed by atoms with Gasteiger partial charge in [0.15, 0.2) is 6.29 Å². The molecule has 0 fully saturated rings. The van der Waals surface area contributed by atoms with E-state index in [0.29, 0.717) is 0 Å². The topological polar surface area (TPSA) is 38.7 Å². The first kappa shape index (κ1) is 36.6. The van der Waals surface area contributed by atoms with Crippen molar-refractivity contribution in [2.24, 2.45) is 0 Å². The van der Waals surface area contributed by atoms with Gasteiger partial charge in [-0.25, -0.2) is 0 Å². The number of aliphatic hydroxyl groups excluding tert-OH is 1. The third-order valence-corrected chi connectivity index (χ3v) is 7.38. The molecular weight excluding hydrogens is 456 g/mol. The molecule has 3 nitrogen and oxygen atoms in total. The zero-order chi connectivity index (χ0) is 26.9. The van der Waals surface area contributed by atoms with Gasteiger partial charge in [-0.1, -0.05) is 148 Å². The standard InChI is InChI=1S/C34H68O3/c1-3-5-7-9-24-28-32-36-34(37-33-29-25-10-8-6-4-2)30-26-22-20-18-16-14-12-11-13-15-17-19-21-23-27-31-35/h21,23,34-35H,3-20,22,24-33H2,1-2H3/b23-21+. The number of rotatable bonds is 32. The average molecular weight is 525 g/mol. The fraction of sp³-hybridized carbons (Fsp3) is 0.941. The van der Waals surface area contributed by atoms with Crippen molar-refractivity contribution < 1.29 is 14.6 Å². The van der Waals surface area contributed by atoms with E-state index in [1.807, 2.05) is 0 Å². The van der Waals surface area contributed by atoms with Crippen LogP contribution in [0.25, 0.3) is 0 Å². The Morgan fingerprint density at radius 1 is 0.459 bits per heavy atom. The summed E-state index contributed by atoms with van der Waals surface area (Å²) in [7, 11) is 0. The van der Waals surface area contributed by atoms with Gasteiger partial charge < -0.3 is 14.6 Å². The summed E-state index contributed by atoms with van der Waals surface area (Å²) in [6, 6.07) is 0. The average Bonchev–Trinajstić information content (AvgIpc) is 2.91. The summed E-state index contributed by atoms with van der Waals surface area (Å²) in [6.45, 7) is 6.57. The fourth-order valence-electron chi connectivity index (χ4n) is 4.88. The molecule has 0 rings (SSSR count). The van der Waals surface area contributed by atoms with E-state index < -0.39 is 0 Å². The smallest absolute Gasteiger partial charge is 0.157 e. The minimum absolute atomic E-state index is 0.0245. The van der Waals surface area contributed by atoms with Crippen LogP contribution >= 0.6 is 0 Å². The quantitative estimate of drug-likeness (QED) is 0.0540. The van der Waals surface area contributed by atoms with Crippen molar-refractivity contribution in [2.75, 3.05) is 19.8 Å². The van der Waals surface area contributed by atoms with Crippen molar-refractivity contribution in [1.29, 1.82) is 0 Å². The molecule has 0 bridgehead atoms. The molecule has 0 saturated carbocycles. The molecule has 0 aromatic rings. The Labute approximate surface area is 233 Å². The first-order valence-electron chi connectivity index (χ1n) is 16.8. The molecular formula is C34H68O3. The second-order valence-electron chi connectivity index (χ2n) is 11.2. The number of ether oxygens (including phenoxy) is 2. The largest absolute Gasteiger partial charge is 0.396 e. The first-order valence-corrected chi connectivity index (χ1v) is 16.8. The van der Waals surface area contributed by atoms with Gasteiger partial charge in [-0.3, -0.25) is 0 Å². The molecule has 222 valence electrons. The molecule has 0 spiro atoms. The predicted molar refractivity (Wildman–Crippen MR) is 163 cm³/mol. The lowest BCUT2D eigenvalue weighted by molar-refractivity contribution is -0.148. The number of aliphatic hydroxyl groups is 1. The molecule has 0 saturated heterocycles. The summed E-state index contributed by atoms with van der Waals surface area (Å²) in [5, 5.41) is 8.76. The van der Waals surface area contributed by atoms with Crippen molar-refractivity contribution in [3.63, 3.8) is 0 Å². The van der Waals surface area contributed by atoms with Gasteiger partial charge in [-0.2, -0.15) is 0 Å². The van der Waals surface area contributed by atoms with Gasteiger partial charge >= 0.3 is 0 Å². The zero-order valence-electron chi connectivity index (χ0n) is 25.5. The molecule has 0 radical (unpaired) electrons. The lowest BCUT2D eigenvalue weighted by atomic mass is 10.0. The molecule has 0 aliphatic heterocycles. The van der Waals surface area contributed by atoms with Crippen molar-refractivity contribution in [1.82, 2.24) is 0 Å². The molecule has 37 heavy (non-hydrogen) atoms. The molecule has 0 heterocycles. The van der Waals surface area contributed by atoms with Crippen molar-refractivity contribution in [3.8, 4) is 0 Å². The summed E-state index contributed by atoms with van der Waals surface area (Å²) < 4.78 is 12.4. The van der Waals surface area contributed by atoms with E-state index in [9.17, 15) is 0 Å². The van der Waals surface area contributed by atoms with Gasteiger partial charge in [0.1, 0.15) is 0 Å². The van der Waals surface area contributed by atoms with Crippen molar-refractivity contribution in [2.45, 2.75) is 187 Å². The lowest BCUT2D eigenvalue weighted by Gasteiger charge is -2.19. The van der Waals surface area contributed by atoms with Gasteiger partial charge in [0.25, 0.3) is 0 Å². The second kappa shape index (κ2) is 33.6. The van der Waals surface area contributed by atoms with E-state index in [0.717, 1.165) is 26.1 Å². The van der Waals surface area contributed by atoms with Crippen LogP contribution in [-0.4, -0.2) is 31.2 Å². The van der Waals surface area contributed by atoms with Gasteiger partial charge in [-0.15, -0.1) is 0 Å². The lowest BCUT2D eigenvalue weighted by Crippen LogP contribution is -2.19. The summed E-state index contributed by atoms with van der Waals surface area (Å²) in [5.74, 6) is 0. The highest BCUT2D eigenvalue weighted by Gasteiger charge is 2.09. The summed E-state index contributed by atoms with van der Waals surface area (Å²) in [4.78, 5) is 0. The molecule has 0 atom stereocenters. The Bertz CT molecular complexity index is 405. The molecule has 0 unspecified atom stereocenters. The Kier molecular flexibility index (Phi) is 33.3. The van der Waals surface area contributed by atoms with Crippen molar-refractivity contribution >= 4 is 0 Å². The van der Waals surface area contributed by atoms with Crippen LogP contribution in [0.3, 0.4) is 0 Å². The first-order chi connectivity index (χ1) is 18.3. The summed E-state index contributed by atoms with van der Waals surface area (Å²) in [6.07, 6.45) is 38.1. The van der Waals surface area contributed by atoms with E-state index in [-0.39, 0.29) is 12.9 Å². The highest BCUT2D eigenvalue weighted by atomic mass is 16.7. The van der Waals surface area contributed by atoms with Crippen LogP contribution in [0.15, 0.2) is 12.2 Å². The van der Waals surface area contributed by atoms with E-state index in [1.165, 1.54) is 154 Å². The van der Waals surface area contributed by atoms with Crippen LogP contribution in [-0.2, 0) is 9.47 Å². The van der Waals surface area contributed by atoms with Crippen molar-refractivity contribution in [3.05, 3.63) is 12.2 Å². The van der Waals surface area contributed by atoms with Crippen LogP contribution in [0, 0.1) is 0 Å². The fourth-order valence-corrected chi connectivity index (χ4v) is 4.88. The molecule has 1 N–H and O–H groups in total. The normalized spacial score (nSPS) is 11.9. The van der Waals surface area contributed by atoms with E-state index >= 15 is 0 Å². The van der Waals surface area contributed by atoms with Gasteiger partial charge in [0.05, 0.1) is 0 Å². The van der Waals surface area contributed by atoms with Gasteiger partial charge in [-0.05, 0) is 44.9 Å². The molecule has 3 heteroatoms. The number of hydrogen-bond acceptors (Lipinski definition) is 3. The molecule has 0 aromatic carbocycles. The Morgan fingerprint density at radius 2 is 0.838 bits per heavy atom. The second-order valence-corrected chi connectivity index (χ2v) is 11.2. The Morgan fingerprint density at radius 3 is 1.30 bits per heavy atom. The number of hydrogen-bond donors (Lipinski definition) is 1. The maximum absolute atomic E-state index is 8.76. The number of allylic oxidation sites excluding steroid dienone is 1. The van der Waals surface area contributed by atoms with Gasteiger partial charge in [0.2, 0.25) is 0 Å². The monoisotopic (exact) mass is 525 g/mol. The summed E-state index contributed by atoms with van der Waals surface area (Å²) >= 11 is 0. The van der Waals surface area contributed by atoms with Gasteiger partial charge in [0, 0.05) is 19.8 Å². The van der Waals surface area contributed by atoms with E-state index in [2.05, 4.69) is 26.0 Å². The van der Waals surface area contributed by atoms with Crippen LogP contribution < -0.4 is 0 Å². The molecule has 0 amide bonds. The predicted octanol–water partition coefficient (Wildman–Crippen LogP) is 11.1. The van der Waals surface area contributed by atoms with Crippen LogP contribution in [0.4, 0.5) is 0 Å². The van der Waals surface area contributed by atoms with E-state index in [4.69, 9.17) is 14.6 Å². The van der Waals surface area contributed by atoms with Crippen LogP contribution in [0.5, 0.6) is 0 Å². The molecule has 0 aliphatic carbocycles. The van der Waals surface area contributed by atoms with E-state index in [1.54, 1.807) is 0 Å². The highest BCUT2D eigenvalue weighted by molar-refractivity contribution is 4.80. The SMILES string of the molecule is CCCCCCCCOC(CCCCCCCCCCCCC/C=C/CCO)OCCCCCCCC. The third kappa shape index (κ3) is 31.7. The maximum Gasteiger partial charge on any atom is 0.157 e. The Balaban J connectivity index is 3.72. The molecule has 0 aliphatic rings. The Hall–Kier alpha value is -0.380. The third-order valence-electron chi connectivity index (χ3n) is 7.38. The minimum Gasteiger partial charge on any atom is -0.396 e. The maximum atomic E-state index is 8.76. The molecule has 0 aromatic heterocycles. The van der Waals surface area contributed by atoms with Crippen LogP contribution in [0.1, 0.15) is 181 Å². The highest BCUT2D eigenvalue weighted by Crippen LogP contribution is 2.16. The number of unbranched alkanes of at least 4 members (excludes halogenated alkanes) is 21.